The molecule has 0 aromatic carbocycles. The number of hydrogen-bond donors (Lipinski definition) is 1. The zero-order chi connectivity index (χ0) is 12.3. The molecule has 5 heteroatoms. The summed E-state index contributed by atoms with van der Waals surface area (Å²) in [7, 11) is 1.73. The molecule has 17 heavy (non-hydrogen) atoms. The van der Waals surface area contributed by atoms with Gasteiger partial charge in [-0.3, -0.25) is 0 Å². The van der Waals surface area contributed by atoms with Gasteiger partial charge in [0.15, 0.2) is 0 Å². The molecule has 1 aliphatic rings. The summed E-state index contributed by atoms with van der Waals surface area (Å²) in [5.41, 5.74) is 7.91. The molecule has 1 heterocycles. The predicted octanol–water partition coefficient (Wildman–Crippen LogP) is 1.29. The summed E-state index contributed by atoms with van der Waals surface area (Å²) in [4.78, 5) is 0. The first kappa shape index (κ1) is 12.5. The minimum Gasteiger partial charge on any atom is -0.385 e. The Morgan fingerprint density at radius 2 is 2.29 bits per heavy atom. The zero-order valence-corrected chi connectivity index (χ0v) is 10.7. The van der Waals surface area contributed by atoms with Crippen LogP contribution < -0.4 is 5.73 Å². The summed E-state index contributed by atoms with van der Waals surface area (Å²) in [6.07, 6.45) is 4.71. The highest BCUT2D eigenvalue weighted by molar-refractivity contribution is 5.13. The molecule has 1 aromatic heterocycles. The Kier molecular flexibility index (Phi) is 4.12. The van der Waals surface area contributed by atoms with E-state index in [0.717, 1.165) is 31.1 Å². The van der Waals surface area contributed by atoms with Gasteiger partial charge in [-0.2, -0.15) is 0 Å². The molecule has 0 amide bonds. The van der Waals surface area contributed by atoms with E-state index in [2.05, 4.69) is 17.2 Å². The molecule has 0 spiro atoms. The second-order valence-corrected chi connectivity index (χ2v) is 4.91. The Labute approximate surface area is 102 Å². The van der Waals surface area contributed by atoms with E-state index in [0.29, 0.717) is 12.6 Å². The average Bonchev–Trinajstić information content (AvgIpc) is 3.05. The highest BCUT2D eigenvalue weighted by Crippen LogP contribution is 2.33. The maximum atomic E-state index is 5.72. The molecule has 2 N–H and O–H groups in total. The van der Waals surface area contributed by atoms with Gasteiger partial charge in [-0.15, -0.1) is 5.10 Å². The van der Waals surface area contributed by atoms with Gasteiger partial charge in [0.2, 0.25) is 0 Å². The number of nitrogens with zero attached hydrogens (tertiary/aromatic N) is 3. The first-order valence-electron chi connectivity index (χ1n) is 6.38. The van der Waals surface area contributed by atoms with Crippen molar-refractivity contribution < 1.29 is 4.74 Å². The van der Waals surface area contributed by atoms with Crippen molar-refractivity contribution in [3.63, 3.8) is 0 Å². The molecule has 1 aromatic rings. The van der Waals surface area contributed by atoms with E-state index in [4.69, 9.17) is 10.5 Å². The van der Waals surface area contributed by atoms with Gasteiger partial charge >= 0.3 is 0 Å². The van der Waals surface area contributed by atoms with Crippen LogP contribution in [-0.4, -0.2) is 28.7 Å². The Bertz CT molecular complexity index is 359. The van der Waals surface area contributed by atoms with Gasteiger partial charge in [0.05, 0.1) is 17.4 Å². The van der Waals surface area contributed by atoms with Gasteiger partial charge in [0.1, 0.15) is 0 Å². The largest absolute Gasteiger partial charge is 0.385 e. The highest BCUT2D eigenvalue weighted by atomic mass is 16.5. The molecule has 0 saturated heterocycles. The van der Waals surface area contributed by atoms with Gasteiger partial charge in [0, 0.05) is 20.3 Å². The Morgan fingerprint density at radius 3 is 2.88 bits per heavy atom. The lowest BCUT2D eigenvalue weighted by molar-refractivity contribution is 0.177. The summed E-state index contributed by atoms with van der Waals surface area (Å²) in [5, 5.41) is 8.44. The van der Waals surface area contributed by atoms with Crippen LogP contribution in [0.1, 0.15) is 43.6 Å². The second-order valence-electron chi connectivity index (χ2n) is 4.91. The average molecular weight is 238 g/mol. The molecule has 1 atom stereocenters. The Hall–Kier alpha value is -0.940. The van der Waals surface area contributed by atoms with Gasteiger partial charge in [-0.05, 0) is 38.5 Å². The van der Waals surface area contributed by atoms with Crippen LogP contribution >= 0.6 is 0 Å². The summed E-state index contributed by atoms with van der Waals surface area (Å²) < 4.78 is 7.16. The van der Waals surface area contributed by atoms with E-state index < -0.39 is 0 Å². The quantitative estimate of drug-likeness (QED) is 0.777. The maximum Gasteiger partial charge on any atom is 0.0994 e. The molecular formula is C12H22N4O. The van der Waals surface area contributed by atoms with E-state index in [1.54, 1.807) is 7.11 Å². The number of hydrogen-bond acceptors (Lipinski definition) is 4. The SMILES string of the molecule is COCCC(C)n1nnc(CN)c1CC1CC1. The standard InChI is InChI=1S/C12H22N4O/c1-9(5-6-17-2)16-12(7-10-3-4-10)11(8-13)14-15-16/h9-10H,3-8,13H2,1-2H3. The fourth-order valence-electron chi connectivity index (χ4n) is 2.08. The van der Waals surface area contributed by atoms with Crippen LogP contribution in [0.2, 0.25) is 0 Å². The summed E-state index contributed by atoms with van der Waals surface area (Å²) >= 11 is 0. The number of nitrogens with two attached hydrogens (primary N) is 1. The molecule has 0 aliphatic heterocycles. The Morgan fingerprint density at radius 1 is 1.53 bits per heavy atom. The minimum absolute atomic E-state index is 0.330. The third-order valence-electron chi connectivity index (χ3n) is 3.40. The molecule has 96 valence electrons. The van der Waals surface area contributed by atoms with Crippen LogP contribution in [0.4, 0.5) is 0 Å². The lowest BCUT2D eigenvalue weighted by Gasteiger charge is -2.14. The van der Waals surface area contributed by atoms with E-state index in [-0.39, 0.29) is 0 Å². The van der Waals surface area contributed by atoms with Crippen LogP contribution in [0.3, 0.4) is 0 Å². The van der Waals surface area contributed by atoms with Crippen molar-refractivity contribution in [3.8, 4) is 0 Å². The highest BCUT2D eigenvalue weighted by Gasteiger charge is 2.26. The van der Waals surface area contributed by atoms with Crippen LogP contribution in [0.25, 0.3) is 0 Å². The molecule has 1 saturated carbocycles. The number of aromatic nitrogens is 3. The monoisotopic (exact) mass is 238 g/mol. The Balaban J connectivity index is 2.10. The smallest absolute Gasteiger partial charge is 0.0994 e. The zero-order valence-electron chi connectivity index (χ0n) is 10.7. The molecule has 5 nitrogen and oxygen atoms in total. The van der Waals surface area contributed by atoms with Crippen LogP contribution in [-0.2, 0) is 17.7 Å². The fourth-order valence-corrected chi connectivity index (χ4v) is 2.08. The van der Waals surface area contributed by atoms with Gasteiger partial charge in [0.25, 0.3) is 0 Å². The predicted molar refractivity (Wildman–Crippen MR) is 65.5 cm³/mol. The molecule has 0 bridgehead atoms. The van der Waals surface area contributed by atoms with Crippen molar-refractivity contribution in [1.82, 2.24) is 15.0 Å². The summed E-state index contributed by atoms with van der Waals surface area (Å²) in [6, 6.07) is 0.330. The van der Waals surface area contributed by atoms with E-state index in [1.165, 1.54) is 18.5 Å². The third-order valence-corrected chi connectivity index (χ3v) is 3.40. The van der Waals surface area contributed by atoms with Crippen LogP contribution in [0.5, 0.6) is 0 Å². The first-order chi connectivity index (χ1) is 8.26. The maximum absolute atomic E-state index is 5.72. The molecular weight excluding hydrogens is 216 g/mol. The number of methoxy groups -OCH3 is 1. The van der Waals surface area contributed by atoms with Crippen molar-refractivity contribution in [2.75, 3.05) is 13.7 Å². The molecule has 1 fully saturated rings. The first-order valence-corrected chi connectivity index (χ1v) is 6.38. The molecule has 2 rings (SSSR count). The van der Waals surface area contributed by atoms with E-state index >= 15 is 0 Å². The van der Waals surface area contributed by atoms with Crippen molar-refractivity contribution in [2.24, 2.45) is 11.7 Å². The lowest BCUT2D eigenvalue weighted by atomic mass is 10.1. The molecule has 1 unspecified atom stereocenters. The fraction of sp³-hybridized carbons (Fsp3) is 0.833. The van der Waals surface area contributed by atoms with Gasteiger partial charge < -0.3 is 10.5 Å². The molecule has 0 radical (unpaired) electrons. The number of rotatable bonds is 7. The van der Waals surface area contributed by atoms with Crippen molar-refractivity contribution in [1.29, 1.82) is 0 Å². The van der Waals surface area contributed by atoms with Crippen molar-refractivity contribution in [3.05, 3.63) is 11.4 Å². The normalized spacial score (nSPS) is 17.4. The second kappa shape index (κ2) is 5.60. The van der Waals surface area contributed by atoms with Crippen molar-refractivity contribution >= 4 is 0 Å². The number of ether oxygens (including phenoxy) is 1. The minimum atomic E-state index is 0.330. The third kappa shape index (κ3) is 3.04. The van der Waals surface area contributed by atoms with E-state index in [1.807, 2.05) is 4.68 Å². The van der Waals surface area contributed by atoms with Crippen molar-refractivity contribution in [2.45, 2.75) is 45.2 Å². The summed E-state index contributed by atoms with van der Waals surface area (Å²) in [5.74, 6) is 0.826. The topological polar surface area (TPSA) is 66.0 Å². The van der Waals surface area contributed by atoms with Crippen LogP contribution in [0, 0.1) is 5.92 Å². The molecule has 1 aliphatic carbocycles. The van der Waals surface area contributed by atoms with E-state index in [9.17, 15) is 0 Å². The summed E-state index contributed by atoms with van der Waals surface area (Å²) in [6.45, 7) is 3.39. The van der Waals surface area contributed by atoms with Gasteiger partial charge in [-0.1, -0.05) is 5.21 Å². The van der Waals surface area contributed by atoms with Gasteiger partial charge in [-0.25, -0.2) is 4.68 Å². The van der Waals surface area contributed by atoms with Crippen LogP contribution in [0.15, 0.2) is 0 Å². The lowest BCUT2D eigenvalue weighted by Crippen LogP contribution is -2.14.